The molecule has 2 fully saturated rings. The van der Waals surface area contributed by atoms with Crippen LogP contribution in [0.4, 0.5) is 0 Å². The Morgan fingerprint density at radius 2 is 2.06 bits per heavy atom. The summed E-state index contributed by atoms with van der Waals surface area (Å²) in [7, 11) is -2.97. The average Bonchev–Trinajstić information content (AvgIpc) is 3.08. The molecular formula is C21H35NO6S4Si. The summed E-state index contributed by atoms with van der Waals surface area (Å²) in [4.78, 5) is 26.5. The molecule has 1 unspecified atom stereocenters. The third kappa shape index (κ3) is 7.14. The van der Waals surface area contributed by atoms with Crippen molar-refractivity contribution in [3.8, 4) is 0 Å². The lowest BCUT2D eigenvalue weighted by Gasteiger charge is -2.51. The minimum absolute atomic E-state index is 0.0341. The van der Waals surface area contributed by atoms with Crippen molar-refractivity contribution >= 4 is 70.3 Å². The van der Waals surface area contributed by atoms with Crippen molar-refractivity contribution in [2.75, 3.05) is 18.1 Å². The van der Waals surface area contributed by atoms with Gasteiger partial charge in [-0.1, -0.05) is 57.4 Å². The number of carbonyl (C=O) groups is 2. The maximum Gasteiger partial charge on any atom is 0.356 e. The number of aliphatic hydroxyl groups excluding tert-OH is 1. The van der Waals surface area contributed by atoms with Crippen LogP contribution in [0.1, 0.15) is 34.1 Å². The molecule has 0 spiro atoms. The summed E-state index contributed by atoms with van der Waals surface area (Å²) < 4.78 is 23.7. The molecule has 6 atom stereocenters. The fraction of sp³-hybridized carbons (Fsp3) is 0.762. The first-order chi connectivity index (χ1) is 15.2. The van der Waals surface area contributed by atoms with E-state index in [9.17, 15) is 18.9 Å². The van der Waals surface area contributed by atoms with Gasteiger partial charge in [0.15, 0.2) is 8.32 Å². The molecule has 0 bridgehead atoms. The number of amides is 1. The molecule has 0 aromatic heterocycles. The van der Waals surface area contributed by atoms with E-state index < -0.39 is 48.7 Å². The lowest BCUT2D eigenvalue weighted by atomic mass is 9.92. The van der Waals surface area contributed by atoms with Crippen molar-refractivity contribution < 1.29 is 28.1 Å². The summed E-state index contributed by atoms with van der Waals surface area (Å²) >= 11 is 8.32. The third-order valence-corrected chi connectivity index (χ3v) is 15.5. The predicted octanol–water partition coefficient (Wildman–Crippen LogP) is 3.50. The minimum Gasteiger partial charge on any atom is -0.458 e. The second kappa shape index (κ2) is 11.7. The molecule has 0 aromatic carbocycles. The van der Waals surface area contributed by atoms with Crippen molar-refractivity contribution in [2.45, 2.75) is 75.2 Å². The second-order valence-corrected chi connectivity index (χ2v) is 19.7. The van der Waals surface area contributed by atoms with Crippen molar-refractivity contribution in [1.29, 1.82) is 0 Å². The Kier molecular flexibility index (Phi) is 10.2. The van der Waals surface area contributed by atoms with Crippen molar-refractivity contribution in [2.24, 2.45) is 5.92 Å². The summed E-state index contributed by atoms with van der Waals surface area (Å²) in [6, 6.07) is 0. The highest BCUT2D eigenvalue weighted by Gasteiger charge is 2.56. The van der Waals surface area contributed by atoms with Crippen LogP contribution in [-0.2, 0) is 29.6 Å². The van der Waals surface area contributed by atoms with Gasteiger partial charge in [-0.15, -0.1) is 11.8 Å². The largest absolute Gasteiger partial charge is 0.458 e. The number of aliphatic hydroxyl groups is 1. The summed E-state index contributed by atoms with van der Waals surface area (Å²) in [5.74, 6) is -0.551. The monoisotopic (exact) mass is 553 g/mol. The SMILES string of the molecule is C=CCOC(=O)C(O)N1C(=O)[C@H]([C@@H](C)O[Si](C)(C)C(C)(C)C)[C@H]1SC(=S)S[C@H]1CC[S@@](=O)C1. The summed E-state index contributed by atoms with van der Waals surface area (Å²) in [5.41, 5.74) is 0. The van der Waals surface area contributed by atoms with Gasteiger partial charge in [-0.05, 0) is 31.5 Å². The van der Waals surface area contributed by atoms with E-state index in [1.165, 1.54) is 29.6 Å². The van der Waals surface area contributed by atoms with Crippen LogP contribution in [0.15, 0.2) is 12.7 Å². The molecule has 2 heterocycles. The molecule has 2 aliphatic heterocycles. The Labute approximate surface area is 214 Å². The second-order valence-electron chi connectivity index (χ2n) is 9.74. The van der Waals surface area contributed by atoms with E-state index in [-0.39, 0.29) is 22.8 Å². The maximum absolute atomic E-state index is 13.1. The third-order valence-electron chi connectivity index (χ3n) is 6.25. The number of nitrogens with zero attached hydrogens (tertiary/aromatic N) is 1. The summed E-state index contributed by atoms with van der Waals surface area (Å²) in [6.45, 7) is 15.9. The highest BCUT2D eigenvalue weighted by atomic mass is 32.2. The number of thiocarbonyl (C=S) groups is 1. The molecule has 2 aliphatic rings. The van der Waals surface area contributed by atoms with Gasteiger partial charge in [-0.2, -0.15) is 0 Å². The Hall–Kier alpha value is -0.243. The molecule has 0 saturated carbocycles. The van der Waals surface area contributed by atoms with Gasteiger partial charge in [-0.3, -0.25) is 13.9 Å². The Bertz CT molecular complexity index is 802. The number of carbonyl (C=O) groups excluding carboxylic acids is 2. The van der Waals surface area contributed by atoms with E-state index in [0.29, 0.717) is 15.0 Å². The lowest BCUT2D eigenvalue weighted by molar-refractivity contribution is -0.188. The van der Waals surface area contributed by atoms with E-state index in [4.69, 9.17) is 21.4 Å². The van der Waals surface area contributed by atoms with Crippen molar-refractivity contribution in [1.82, 2.24) is 4.90 Å². The fourth-order valence-electron chi connectivity index (χ4n) is 3.37. The highest BCUT2D eigenvalue weighted by Crippen LogP contribution is 2.45. The standard InChI is InChI=1S/C21H35NO6S4Si/c1-8-10-27-19(25)17(24)22-16(23)15(13(2)28-33(6,7)21(3,4)5)18(22)31-20(29)30-14-9-11-32(26)12-14/h8,13-15,17-18,24H,1,9-12H2,2-7H3/t13-,14+,15+,17?,18-,32-/m1/s1. The first-order valence-corrected chi connectivity index (χ1v) is 17.4. The fourth-order valence-corrected chi connectivity index (χ4v) is 10.1. The maximum atomic E-state index is 13.1. The van der Waals surface area contributed by atoms with E-state index in [0.717, 1.165) is 11.3 Å². The molecule has 33 heavy (non-hydrogen) atoms. The highest BCUT2D eigenvalue weighted by molar-refractivity contribution is 8.47. The van der Waals surface area contributed by atoms with Gasteiger partial charge in [0.2, 0.25) is 12.1 Å². The van der Waals surface area contributed by atoms with Crippen LogP contribution in [0.3, 0.4) is 0 Å². The first kappa shape index (κ1) is 29.0. The zero-order chi connectivity index (χ0) is 25.1. The Morgan fingerprint density at radius 3 is 2.58 bits per heavy atom. The van der Waals surface area contributed by atoms with Crippen LogP contribution in [0.5, 0.6) is 0 Å². The van der Waals surface area contributed by atoms with Gasteiger partial charge in [0.05, 0.1) is 12.0 Å². The molecule has 12 heteroatoms. The van der Waals surface area contributed by atoms with Crippen LogP contribution in [0.25, 0.3) is 0 Å². The molecule has 7 nitrogen and oxygen atoms in total. The topological polar surface area (TPSA) is 93.1 Å². The normalized spacial score (nSPS) is 27.6. The molecule has 2 rings (SSSR count). The number of esters is 1. The number of β-lactam (4-membered cyclic amide) rings is 1. The number of ether oxygens (including phenoxy) is 1. The molecule has 188 valence electrons. The van der Waals surface area contributed by atoms with Crippen LogP contribution in [-0.4, -0.2) is 79.0 Å². The van der Waals surface area contributed by atoms with E-state index in [1.54, 1.807) is 0 Å². The molecule has 2 saturated heterocycles. The van der Waals surface area contributed by atoms with E-state index in [2.05, 4.69) is 40.4 Å². The Balaban J connectivity index is 2.18. The van der Waals surface area contributed by atoms with Crippen LogP contribution in [0.2, 0.25) is 18.1 Å². The zero-order valence-electron chi connectivity index (χ0n) is 20.1. The smallest absolute Gasteiger partial charge is 0.356 e. The summed E-state index contributed by atoms with van der Waals surface area (Å²) in [5, 5.41) is 10.1. The Morgan fingerprint density at radius 1 is 1.42 bits per heavy atom. The van der Waals surface area contributed by atoms with Gasteiger partial charge in [0, 0.05) is 27.6 Å². The van der Waals surface area contributed by atoms with Crippen molar-refractivity contribution in [3.05, 3.63) is 12.7 Å². The molecule has 0 radical (unpaired) electrons. The number of likely N-dealkylation sites (tertiary alicyclic amines) is 1. The first-order valence-electron chi connectivity index (χ1n) is 10.9. The number of hydrogen-bond donors (Lipinski definition) is 1. The predicted molar refractivity (Wildman–Crippen MR) is 143 cm³/mol. The van der Waals surface area contributed by atoms with E-state index in [1.807, 2.05) is 6.92 Å². The minimum atomic E-state index is -2.16. The van der Waals surface area contributed by atoms with Gasteiger partial charge in [0.1, 0.15) is 15.5 Å². The number of rotatable bonds is 9. The lowest BCUT2D eigenvalue weighted by Crippen LogP contribution is -2.68. The molecule has 1 amide bonds. The molecule has 1 N–H and O–H groups in total. The molecule has 0 aromatic rings. The summed E-state index contributed by atoms with van der Waals surface area (Å²) in [6.07, 6.45) is 0.0912. The average molecular weight is 554 g/mol. The number of thioether (sulfide) groups is 2. The van der Waals surface area contributed by atoms with Crippen LogP contribution >= 0.6 is 35.7 Å². The van der Waals surface area contributed by atoms with Gasteiger partial charge in [-0.25, -0.2) is 4.79 Å². The zero-order valence-corrected chi connectivity index (χ0v) is 24.3. The number of hydrogen-bond acceptors (Lipinski definition) is 9. The molecule has 0 aliphatic carbocycles. The van der Waals surface area contributed by atoms with Crippen LogP contribution < -0.4 is 0 Å². The van der Waals surface area contributed by atoms with E-state index >= 15 is 0 Å². The van der Waals surface area contributed by atoms with Gasteiger partial charge >= 0.3 is 5.97 Å². The van der Waals surface area contributed by atoms with Crippen molar-refractivity contribution in [3.63, 3.8) is 0 Å². The molecular weight excluding hydrogens is 519 g/mol. The quantitative estimate of drug-likeness (QED) is 0.151. The van der Waals surface area contributed by atoms with Gasteiger partial charge < -0.3 is 14.3 Å². The van der Waals surface area contributed by atoms with Crippen LogP contribution in [0, 0.1) is 5.92 Å². The van der Waals surface area contributed by atoms with Gasteiger partial charge in [0.25, 0.3) is 0 Å².